The first-order valence-corrected chi connectivity index (χ1v) is 10.3. The van der Waals surface area contributed by atoms with Gasteiger partial charge in [0.2, 0.25) is 5.91 Å². The summed E-state index contributed by atoms with van der Waals surface area (Å²) in [6.45, 7) is 7.43. The molecule has 2 saturated heterocycles. The van der Waals surface area contributed by atoms with Gasteiger partial charge in [-0.15, -0.1) is 0 Å². The highest BCUT2D eigenvalue weighted by molar-refractivity contribution is 5.82. The van der Waals surface area contributed by atoms with Crippen LogP contribution in [-0.2, 0) is 4.79 Å². The van der Waals surface area contributed by atoms with E-state index in [-0.39, 0.29) is 18.0 Å². The van der Waals surface area contributed by atoms with Crippen LogP contribution in [0.3, 0.4) is 0 Å². The lowest BCUT2D eigenvalue weighted by Crippen LogP contribution is -2.53. The number of hydrogen-bond acceptors (Lipinski definition) is 5. The van der Waals surface area contributed by atoms with Crippen LogP contribution in [0.4, 0.5) is 5.69 Å². The van der Waals surface area contributed by atoms with Crippen molar-refractivity contribution >= 4 is 11.6 Å². The quantitative estimate of drug-likeness (QED) is 0.835. The zero-order valence-corrected chi connectivity index (χ0v) is 17.4. The number of methoxy groups -OCH3 is 1. The number of nitrogens with zero attached hydrogens (tertiary/aromatic N) is 2. The van der Waals surface area contributed by atoms with Gasteiger partial charge in [-0.3, -0.25) is 4.79 Å². The van der Waals surface area contributed by atoms with Gasteiger partial charge in [0, 0.05) is 37.9 Å². The van der Waals surface area contributed by atoms with Gasteiger partial charge in [0.15, 0.2) is 0 Å². The maximum Gasteiger partial charge on any atom is 0.241 e. The highest BCUT2D eigenvalue weighted by Gasteiger charge is 2.34. The highest BCUT2D eigenvalue weighted by Crippen LogP contribution is 2.27. The highest BCUT2D eigenvalue weighted by atomic mass is 16.5. The number of nitrogens with one attached hydrogen (secondary N) is 2. The summed E-state index contributed by atoms with van der Waals surface area (Å²) in [6, 6.07) is 14.6. The molecule has 0 saturated carbocycles. The molecule has 2 fully saturated rings. The van der Waals surface area contributed by atoms with E-state index in [9.17, 15) is 4.79 Å². The molecule has 2 aliphatic heterocycles. The monoisotopic (exact) mass is 394 g/mol. The summed E-state index contributed by atoms with van der Waals surface area (Å²) in [4.78, 5) is 17.3. The molecule has 0 radical (unpaired) electrons. The SMILES string of the molecule is COc1ccc(N2CCN(C(=O)C3CC(c4ccc(C)cc4C)NN3)CC2)cc1. The van der Waals surface area contributed by atoms with Crippen LogP contribution < -0.4 is 20.5 Å². The number of amides is 1. The van der Waals surface area contributed by atoms with E-state index in [0.29, 0.717) is 0 Å². The zero-order chi connectivity index (χ0) is 20.4. The minimum Gasteiger partial charge on any atom is -0.497 e. The van der Waals surface area contributed by atoms with Gasteiger partial charge in [-0.05, 0) is 55.7 Å². The largest absolute Gasteiger partial charge is 0.497 e. The molecular weight excluding hydrogens is 364 g/mol. The van der Waals surface area contributed by atoms with E-state index in [4.69, 9.17) is 4.74 Å². The lowest BCUT2D eigenvalue weighted by Gasteiger charge is -2.37. The van der Waals surface area contributed by atoms with Crippen LogP contribution in [0.1, 0.15) is 29.2 Å². The molecule has 0 aliphatic carbocycles. The summed E-state index contributed by atoms with van der Waals surface area (Å²) in [5.74, 6) is 1.06. The Morgan fingerprint density at radius 3 is 2.38 bits per heavy atom. The fourth-order valence-corrected chi connectivity index (χ4v) is 4.34. The second-order valence-corrected chi connectivity index (χ2v) is 8.00. The molecular formula is C23H30N4O2. The normalized spacial score (nSPS) is 22.0. The molecule has 2 aromatic carbocycles. The number of piperazine rings is 1. The minimum absolute atomic E-state index is 0.171. The Labute approximate surface area is 172 Å². The van der Waals surface area contributed by atoms with Gasteiger partial charge < -0.3 is 14.5 Å². The smallest absolute Gasteiger partial charge is 0.241 e. The maximum absolute atomic E-state index is 13.0. The molecule has 2 aromatic rings. The van der Waals surface area contributed by atoms with Crippen molar-refractivity contribution in [3.8, 4) is 5.75 Å². The number of hydrogen-bond donors (Lipinski definition) is 2. The third kappa shape index (κ3) is 4.23. The Kier molecular flexibility index (Phi) is 5.74. The van der Waals surface area contributed by atoms with E-state index in [1.807, 2.05) is 17.0 Å². The van der Waals surface area contributed by atoms with Crippen LogP contribution in [0.2, 0.25) is 0 Å². The van der Waals surface area contributed by atoms with Crippen LogP contribution in [0.5, 0.6) is 5.75 Å². The summed E-state index contributed by atoms with van der Waals surface area (Å²) in [5.41, 5.74) is 11.5. The molecule has 2 N–H and O–H groups in total. The lowest BCUT2D eigenvalue weighted by molar-refractivity contribution is -0.133. The first-order valence-electron chi connectivity index (χ1n) is 10.3. The van der Waals surface area contributed by atoms with Gasteiger partial charge in [-0.1, -0.05) is 23.8 Å². The lowest BCUT2D eigenvalue weighted by atomic mass is 9.96. The van der Waals surface area contributed by atoms with Crippen molar-refractivity contribution in [2.45, 2.75) is 32.4 Å². The van der Waals surface area contributed by atoms with Crippen molar-refractivity contribution in [3.05, 3.63) is 59.2 Å². The number of ether oxygens (including phenoxy) is 1. The van der Waals surface area contributed by atoms with Crippen molar-refractivity contribution in [2.75, 3.05) is 38.2 Å². The van der Waals surface area contributed by atoms with E-state index < -0.39 is 0 Å². The third-order valence-corrected chi connectivity index (χ3v) is 6.03. The molecule has 2 unspecified atom stereocenters. The van der Waals surface area contributed by atoms with Gasteiger partial charge in [0.05, 0.1) is 7.11 Å². The molecule has 0 spiro atoms. The third-order valence-electron chi connectivity index (χ3n) is 6.03. The Hall–Kier alpha value is -2.57. The first kappa shape index (κ1) is 19.7. The summed E-state index contributed by atoms with van der Waals surface area (Å²) in [5, 5.41) is 0. The average Bonchev–Trinajstić information content (AvgIpc) is 3.23. The standard InChI is InChI=1S/C23H30N4O2/c1-16-4-9-20(17(2)14-16)21-15-22(25-24-21)23(28)27-12-10-26(11-13-27)18-5-7-19(29-3)8-6-18/h4-9,14,21-22,24-25H,10-13,15H2,1-3H3. The van der Waals surface area contributed by atoms with Gasteiger partial charge in [0.1, 0.15) is 11.8 Å². The minimum atomic E-state index is -0.173. The van der Waals surface area contributed by atoms with Crippen LogP contribution in [0, 0.1) is 13.8 Å². The van der Waals surface area contributed by atoms with Gasteiger partial charge >= 0.3 is 0 Å². The second kappa shape index (κ2) is 8.43. The van der Waals surface area contributed by atoms with Gasteiger partial charge in [0.25, 0.3) is 0 Å². The summed E-state index contributed by atoms with van der Waals surface area (Å²) >= 11 is 0. The molecule has 0 bridgehead atoms. The molecule has 154 valence electrons. The van der Waals surface area contributed by atoms with E-state index in [1.165, 1.54) is 22.4 Å². The summed E-state index contributed by atoms with van der Waals surface area (Å²) < 4.78 is 5.23. The Balaban J connectivity index is 1.32. The molecule has 2 aliphatic rings. The number of hydrazine groups is 1. The molecule has 29 heavy (non-hydrogen) atoms. The van der Waals surface area contributed by atoms with Crippen molar-refractivity contribution in [1.82, 2.24) is 15.8 Å². The fraction of sp³-hybridized carbons (Fsp3) is 0.435. The number of carbonyl (C=O) groups is 1. The Bertz CT molecular complexity index is 860. The predicted octanol–water partition coefficient (Wildman–Crippen LogP) is 2.57. The topological polar surface area (TPSA) is 56.8 Å². The van der Waals surface area contributed by atoms with Crippen molar-refractivity contribution in [2.24, 2.45) is 0 Å². The second-order valence-electron chi connectivity index (χ2n) is 8.00. The van der Waals surface area contributed by atoms with Crippen LogP contribution in [0.15, 0.2) is 42.5 Å². The molecule has 2 heterocycles. The molecule has 0 aromatic heterocycles. The predicted molar refractivity (Wildman–Crippen MR) is 115 cm³/mol. The van der Waals surface area contributed by atoms with E-state index in [2.05, 4.69) is 59.9 Å². The Morgan fingerprint density at radius 2 is 1.72 bits per heavy atom. The van der Waals surface area contributed by atoms with E-state index in [0.717, 1.165) is 38.3 Å². The molecule has 4 rings (SSSR count). The van der Waals surface area contributed by atoms with Crippen molar-refractivity contribution in [3.63, 3.8) is 0 Å². The van der Waals surface area contributed by atoms with Crippen molar-refractivity contribution in [1.29, 1.82) is 0 Å². The fourth-order valence-electron chi connectivity index (χ4n) is 4.34. The first-order chi connectivity index (χ1) is 14.0. The van der Waals surface area contributed by atoms with Crippen molar-refractivity contribution < 1.29 is 9.53 Å². The summed E-state index contributed by atoms with van der Waals surface area (Å²) in [6.07, 6.45) is 0.779. The number of carbonyl (C=O) groups excluding carboxylic acids is 1. The average molecular weight is 395 g/mol. The Morgan fingerprint density at radius 1 is 1.00 bits per heavy atom. The molecule has 1 amide bonds. The van der Waals surface area contributed by atoms with Crippen LogP contribution in [0.25, 0.3) is 0 Å². The van der Waals surface area contributed by atoms with E-state index >= 15 is 0 Å². The van der Waals surface area contributed by atoms with Crippen LogP contribution >= 0.6 is 0 Å². The summed E-state index contributed by atoms with van der Waals surface area (Å²) in [7, 11) is 1.68. The van der Waals surface area contributed by atoms with Gasteiger partial charge in [-0.25, -0.2) is 10.9 Å². The zero-order valence-electron chi connectivity index (χ0n) is 17.4. The van der Waals surface area contributed by atoms with Crippen LogP contribution in [-0.4, -0.2) is 50.1 Å². The number of anilines is 1. The van der Waals surface area contributed by atoms with E-state index in [1.54, 1.807) is 7.11 Å². The molecule has 6 nitrogen and oxygen atoms in total. The molecule has 6 heteroatoms. The molecule has 2 atom stereocenters. The van der Waals surface area contributed by atoms with Gasteiger partial charge in [-0.2, -0.15) is 0 Å². The number of rotatable bonds is 4. The maximum atomic E-state index is 13.0. The number of aryl methyl sites for hydroxylation is 2. The number of benzene rings is 2.